The summed E-state index contributed by atoms with van der Waals surface area (Å²) in [6.07, 6.45) is -0.758. The predicted molar refractivity (Wildman–Crippen MR) is 221 cm³/mol. The number of rotatable bonds is 22. The van der Waals surface area contributed by atoms with Crippen LogP contribution in [0.1, 0.15) is 36.1 Å². The summed E-state index contributed by atoms with van der Waals surface area (Å²) >= 11 is 0. The highest BCUT2D eigenvalue weighted by Crippen LogP contribution is 2.48. The minimum absolute atomic E-state index is 0.177. The van der Waals surface area contributed by atoms with Gasteiger partial charge >= 0.3 is 22.1 Å². The monoisotopic (exact) mass is 825 g/mol. The van der Waals surface area contributed by atoms with Gasteiger partial charge in [-0.3, -0.25) is 0 Å². The highest BCUT2D eigenvalue weighted by molar-refractivity contribution is 7.86. The van der Waals surface area contributed by atoms with Crippen LogP contribution >= 0.6 is 0 Å². The summed E-state index contributed by atoms with van der Waals surface area (Å²) in [5.74, 6) is -0.0253. The van der Waals surface area contributed by atoms with Gasteiger partial charge in [0.15, 0.2) is 23.7 Å². The summed E-state index contributed by atoms with van der Waals surface area (Å²) in [5.41, 5.74) is 4.48. The van der Waals surface area contributed by atoms with Crippen molar-refractivity contribution in [3.63, 3.8) is 0 Å². The third-order valence-electron chi connectivity index (χ3n) is 9.43. The second kappa shape index (κ2) is 20.1. The number of anilines is 2. The van der Waals surface area contributed by atoms with Gasteiger partial charge < -0.3 is 43.0 Å². The lowest BCUT2D eigenvalue weighted by atomic mass is 10.1. The zero-order valence-corrected chi connectivity index (χ0v) is 33.6. The Balaban J connectivity index is 1.04. The molecule has 0 saturated heterocycles. The van der Waals surface area contributed by atoms with Crippen molar-refractivity contribution < 1.29 is 56.1 Å². The van der Waals surface area contributed by atoms with Gasteiger partial charge in [-0.05, 0) is 85.1 Å². The zero-order valence-electron chi connectivity index (χ0n) is 32.8. The van der Waals surface area contributed by atoms with Crippen LogP contribution < -0.4 is 23.3 Å². The lowest BCUT2D eigenvalue weighted by molar-refractivity contribution is -0.150. The molecule has 1 heterocycles. The van der Waals surface area contributed by atoms with Gasteiger partial charge in [-0.15, -0.1) is 0 Å². The molecule has 0 aromatic heterocycles. The number of ether oxygens (including phenoxy) is 5. The van der Waals surface area contributed by atoms with Gasteiger partial charge in [0.2, 0.25) is 0 Å². The molecule has 6 rings (SSSR count). The Morgan fingerprint density at radius 2 is 1.17 bits per heavy atom. The van der Waals surface area contributed by atoms with Crippen molar-refractivity contribution in [3.8, 4) is 28.7 Å². The van der Waals surface area contributed by atoms with Crippen molar-refractivity contribution in [3.05, 3.63) is 138 Å². The molecule has 0 aliphatic carbocycles. The summed E-state index contributed by atoms with van der Waals surface area (Å²) < 4.78 is 61.2. The molecule has 0 amide bonds. The highest BCUT2D eigenvalue weighted by Gasteiger charge is 2.28. The molecule has 2 N–H and O–H groups in total. The summed E-state index contributed by atoms with van der Waals surface area (Å²) in [5, 5.41) is 18.7. The van der Waals surface area contributed by atoms with Crippen LogP contribution in [0.25, 0.3) is 0 Å². The fraction of sp³-hybridized carbons (Fsp3) is 0.289. The third-order valence-corrected chi connectivity index (χ3v) is 10.5. The Kier molecular flexibility index (Phi) is 14.4. The summed E-state index contributed by atoms with van der Waals surface area (Å²) in [6.45, 7) is 5.22. The number of nitrogens with zero attached hydrogens (tertiary/aromatic N) is 1. The van der Waals surface area contributed by atoms with Crippen LogP contribution in [0.4, 0.5) is 11.4 Å². The first-order valence-corrected chi connectivity index (χ1v) is 20.9. The number of hydrogen-bond donors (Lipinski definition) is 2. The van der Waals surface area contributed by atoms with Crippen molar-refractivity contribution >= 4 is 33.4 Å². The number of para-hydroxylation sites is 3. The molecule has 2 atom stereocenters. The maximum atomic E-state index is 13.4. The van der Waals surface area contributed by atoms with E-state index < -0.39 is 40.0 Å². The highest BCUT2D eigenvalue weighted by atomic mass is 32.2. The Labute approximate surface area is 343 Å². The van der Waals surface area contributed by atoms with Crippen molar-refractivity contribution in [2.75, 3.05) is 37.9 Å². The van der Waals surface area contributed by atoms with E-state index in [4.69, 9.17) is 27.9 Å². The van der Waals surface area contributed by atoms with Gasteiger partial charge in [0.25, 0.3) is 0 Å². The number of carboxylic acids is 2. The second-order valence-electron chi connectivity index (χ2n) is 13.6. The van der Waals surface area contributed by atoms with Crippen molar-refractivity contribution in [1.82, 2.24) is 0 Å². The molecule has 13 nitrogen and oxygen atoms in total. The van der Waals surface area contributed by atoms with Gasteiger partial charge in [0.1, 0.15) is 29.6 Å². The molecular weight excluding hydrogens is 779 g/mol. The van der Waals surface area contributed by atoms with Gasteiger partial charge in [0, 0.05) is 38.0 Å². The van der Waals surface area contributed by atoms with Crippen LogP contribution in [-0.2, 0) is 54.2 Å². The first kappa shape index (κ1) is 42.5. The van der Waals surface area contributed by atoms with Crippen molar-refractivity contribution in [2.24, 2.45) is 0 Å². The molecular formula is C45H47NO12S. The molecule has 5 aromatic carbocycles. The zero-order chi connectivity index (χ0) is 41.8. The molecule has 0 fully saturated rings. The number of aliphatic carboxylic acids is 2. The molecule has 0 unspecified atom stereocenters. The molecule has 14 heteroatoms. The minimum Gasteiger partial charge on any atom is -0.493 e. The van der Waals surface area contributed by atoms with E-state index in [0.29, 0.717) is 67.0 Å². The lowest BCUT2D eigenvalue weighted by Gasteiger charge is -2.33. The van der Waals surface area contributed by atoms with E-state index >= 15 is 0 Å². The van der Waals surface area contributed by atoms with Gasteiger partial charge in [0.05, 0.1) is 24.5 Å². The molecule has 5 aromatic rings. The average molecular weight is 826 g/mol. The Bertz CT molecular complexity index is 2280. The largest absolute Gasteiger partial charge is 0.493 e. The third kappa shape index (κ3) is 11.7. The maximum absolute atomic E-state index is 13.4. The van der Waals surface area contributed by atoms with Crippen LogP contribution in [0, 0.1) is 0 Å². The number of fused-ring (bicyclic) bond motifs is 2. The van der Waals surface area contributed by atoms with E-state index in [1.54, 1.807) is 74.5 Å². The van der Waals surface area contributed by atoms with E-state index in [1.165, 1.54) is 0 Å². The van der Waals surface area contributed by atoms with Crippen LogP contribution in [-0.4, -0.2) is 75.7 Å². The fourth-order valence-electron chi connectivity index (χ4n) is 6.59. The SMILES string of the molecule is CCO[C@@H](Cc1ccc(OCCc2ccc(OS(=O)(=O)Cc3cccc4c3Oc3ccccc3N4CCOc3ccc(C[C@H](OCC)C(=O)O)cc3)cc2)cc1)C(=O)O. The predicted octanol–water partition coefficient (Wildman–Crippen LogP) is 7.60. The fourth-order valence-corrected chi connectivity index (χ4v) is 7.66. The molecule has 0 radical (unpaired) electrons. The maximum Gasteiger partial charge on any atom is 0.333 e. The molecule has 1 aliphatic rings. The molecule has 0 saturated carbocycles. The van der Waals surface area contributed by atoms with Crippen LogP contribution in [0.3, 0.4) is 0 Å². The first-order valence-electron chi connectivity index (χ1n) is 19.3. The van der Waals surface area contributed by atoms with Crippen LogP contribution in [0.2, 0.25) is 0 Å². The number of benzene rings is 5. The first-order chi connectivity index (χ1) is 28.5. The van der Waals surface area contributed by atoms with Crippen LogP contribution in [0.5, 0.6) is 28.7 Å². The summed E-state index contributed by atoms with van der Waals surface area (Å²) in [7, 11) is -4.10. The van der Waals surface area contributed by atoms with Gasteiger partial charge in [-0.1, -0.05) is 60.7 Å². The van der Waals surface area contributed by atoms with E-state index in [9.17, 15) is 28.2 Å². The van der Waals surface area contributed by atoms with E-state index in [2.05, 4.69) is 0 Å². The molecule has 310 valence electrons. The van der Waals surface area contributed by atoms with Crippen LogP contribution in [0.15, 0.2) is 115 Å². The summed E-state index contributed by atoms with van der Waals surface area (Å²) in [6, 6.07) is 34.1. The Morgan fingerprint density at radius 3 is 1.75 bits per heavy atom. The van der Waals surface area contributed by atoms with E-state index in [-0.39, 0.29) is 25.2 Å². The molecule has 59 heavy (non-hydrogen) atoms. The van der Waals surface area contributed by atoms with E-state index in [0.717, 1.165) is 22.4 Å². The van der Waals surface area contributed by atoms with E-state index in [1.807, 2.05) is 59.5 Å². The topological polar surface area (TPSA) is 167 Å². The van der Waals surface area contributed by atoms with Crippen molar-refractivity contribution in [2.45, 2.75) is 51.1 Å². The Hall–Kier alpha value is -6.09. The normalized spacial score (nSPS) is 13.0. The summed E-state index contributed by atoms with van der Waals surface area (Å²) in [4.78, 5) is 24.9. The smallest absolute Gasteiger partial charge is 0.333 e. The molecule has 0 bridgehead atoms. The second-order valence-corrected chi connectivity index (χ2v) is 15.2. The average Bonchev–Trinajstić information content (AvgIpc) is 3.22. The van der Waals surface area contributed by atoms with Crippen molar-refractivity contribution in [1.29, 1.82) is 0 Å². The number of hydrogen-bond acceptors (Lipinski definition) is 11. The molecule has 0 spiro atoms. The van der Waals surface area contributed by atoms with Gasteiger partial charge in [-0.25, -0.2) is 9.59 Å². The lowest BCUT2D eigenvalue weighted by Crippen LogP contribution is -2.27. The molecule has 1 aliphatic heterocycles. The number of carbonyl (C=O) groups is 2. The standard InChI is InChI=1S/C45H47NO12S/c1-3-53-41(44(47)48)28-32-14-18-35(19-15-32)55-26-24-31-12-22-37(23-13-31)58-59(51,52)30-34-8-7-10-39-43(34)57-40-11-6-5-9-38(40)46(39)25-27-56-36-20-16-33(17-21-36)29-42(45(49)50)54-4-2/h5-23,41-42H,3-4,24-30H2,1-2H3,(H,47,48)(H,49,50)/t41-,42-/m0/s1. The Morgan fingerprint density at radius 1 is 0.644 bits per heavy atom. The quantitative estimate of drug-likeness (QED) is 0.0656. The number of carboxylic acid groups (broad SMARTS) is 2. The minimum atomic E-state index is -4.10. The van der Waals surface area contributed by atoms with Gasteiger partial charge in [-0.2, -0.15) is 8.42 Å².